The quantitative estimate of drug-likeness (QED) is 0.731. The van der Waals surface area contributed by atoms with Gasteiger partial charge in [-0.3, -0.25) is 9.78 Å². The third-order valence-corrected chi connectivity index (χ3v) is 7.98. The highest BCUT2D eigenvalue weighted by atomic mass is 16.6. The fourth-order valence-corrected chi connectivity index (χ4v) is 6.04. The lowest BCUT2D eigenvalue weighted by molar-refractivity contribution is 0.0435. The Morgan fingerprint density at radius 1 is 1.23 bits per heavy atom. The van der Waals surface area contributed by atoms with Gasteiger partial charge in [-0.1, -0.05) is 13.0 Å². The van der Waals surface area contributed by atoms with Crippen LogP contribution in [-0.2, 0) is 10.2 Å². The summed E-state index contributed by atoms with van der Waals surface area (Å²) >= 11 is 0. The first-order chi connectivity index (χ1) is 15.0. The van der Waals surface area contributed by atoms with Gasteiger partial charge in [0.2, 0.25) is 0 Å². The fourth-order valence-electron chi connectivity index (χ4n) is 6.04. The summed E-state index contributed by atoms with van der Waals surface area (Å²) in [4.78, 5) is 17.2. The van der Waals surface area contributed by atoms with Crippen molar-refractivity contribution >= 4 is 11.6 Å². The van der Waals surface area contributed by atoms with Crippen molar-refractivity contribution in [3.8, 4) is 5.75 Å². The number of fused-ring (bicyclic) bond motifs is 3. The molecular weight excluding hydrogens is 390 g/mol. The van der Waals surface area contributed by atoms with Crippen molar-refractivity contribution in [3.05, 3.63) is 53.3 Å². The molecular formula is C25H31N3O3. The summed E-state index contributed by atoms with van der Waals surface area (Å²) in [6.07, 6.45) is 6.80. The van der Waals surface area contributed by atoms with Crippen LogP contribution in [0.25, 0.3) is 0 Å². The molecule has 1 aromatic carbocycles. The van der Waals surface area contributed by atoms with Gasteiger partial charge in [0.1, 0.15) is 5.75 Å². The predicted octanol–water partition coefficient (Wildman–Crippen LogP) is 3.98. The van der Waals surface area contributed by atoms with Crippen molar-refractivity contribution in [1.29, 1.82) is 0 Å². The Morgan fingerprint density at radius 2 is 2.06 bits per heavy atom. The summed E-state index contributed by atoms with van der Waals surface area (Å²) in [6.45, 7) is 5.66. The van der Waals surface area contributed by atoms with Crippen LogP contribution in [0.2, 0.25) is 0 Å². The van der Waals surface area contributed by atoms with Gasteiger partial charge in [0.15, 0.2) is 0 Å². The van der Waals surface area contributed by atoms with Crippen molar-refractivity contribution in [1.82, 2.24) is 10.3 Å². The number of pyridine rings is 1. The Labute approximate surface area is 183 Å². The third kappa shape index (κ3) is 3.15. The molecule has 0 bridgehead atoms. The second kappa shape index (κ2) is 7.31. The molecule has 0 radical (unpaired) electrons. The third-order valence-electron chi connectivity index (χ3n) is 7.98. The Balaban J connectivity index is 1.51. The SMILES string of the molecule is CCC12CCC3(CO3)CC1(NC)CCOc1cc(C(=O)Nc3cccnc3C)ccc12. The minimum Gasteiger partial charge on any atom is -0.493 e. The van der Waals surface area contributed by atoms with Crippen LogP contribution >= 0.6 is 0 Å². The number of anilines is 1. The molecule has 1 amide bonds. The van der Waals surface area contributed by atoms with E-state index in [-0.39, 0.29) is 22.5 Å². The van der Waals surface area contributed by atoms with E-state index in [9.17, 15) is 4.79 Å². The molecule has 5 rings (SSSR count). The molecule has 2 N–H and O–H groups in total. The fraction of sp³-hybridized carbons (Fsp3) is 0.520. The number of likely N-dealkylation sites (N-methyl/N-ethyl adjacent to an activating group) is 1. The predicted molar refractivity (Wildman–Crippen MR) is 120 cm³/mol. The molecule has 164 valence electrons. The smallest absolute Gasteiger partial charge is 0.255 e. The molecule has 6 nitrogen and oxygen atoms in total. The zero-order valence-electron chi connectivity index (χ0n) is 18.6. The van der Waals surface area contributed by atoms with Crippen LogP contribution in [0.5, 0.6) is 5.75 Å². The summed E-state index contributed by atoms with van der Waals surface area (Å²) in [6, 6.07) is 9.66. The standard InChI is InChI=1S/C25H31N3O3/c1-4-24-10-9-23(16-31-23)15-25(24,26-3)11-13-30-21-14-18(7-8-19(21)24)22(29)28-20-6-5-12-27-17(20)2/h5-8,12,14,26H,4,9-11,13,15-16H2,1-3H3,(H,28,29). The van der Waals surface area contributed by atoms with Crippen molar-refractivity contribution in [3.63, 3.8) is 0 Å². The number of epoxide rings is 1. The van der Waals surface area contributed by atoms with Gasteiger partial charge in [-0.05, 0) is 63.9 Å². The Morgan fingerprint density at radius 3 is 2.77 bits per heavy atom. The average Bonchev–Trinajstić information content (AvgIpc) is 3.56. The molecule has 3 heterocycles. The number of carbonyl (C=O) groups excluding carboxylic acids is 1. The van der Waals surface area contributed by atoms with Crippen LogP contribution in [0, 0.1) is 6.92 Å². The van der Waals surface area contributed by atoms with Gasteiger partial charge >= 0.3 is 0 Å². The molecule has 3 unspecified atom stereocenters. The molecule has 1 spiro atoms. The molecule has 2 aromatic rings. The number of carbonyl (C=O) groups is 1. The maximum atomic E-state index is 13.0. The maximum absolute atomic E-state index is 13.0. The molecule has 1 aliphatic carbocycles. The highest BCUT2D eigenvalue weighted by Gasteiger charge is 2.63. The molecule has 1 saturated heterocycles. The van der Waals surface area contributed by atoms with Gasteiger partial charge in [-0.2, -0.15) is 0 Å². The van der Waals surface area contributed by atoms with Gasteiger partial charge in [0.05, 0.1) is 30.2 Å². The molecule has 3 aliphatic rings. The number of ether oxygens (including phenoxy) is 2. The number of nitrogens with one attached hydrogen (secondary N) is 2. The number of hydrogen-bond acceptors (Lipinski definition) is 5. The number of aromatic nitrogens is 1. The number of rotatable bonds is 4. The maximum Gasteiger partial charge on any atom is 0.255 e. The van der Waals surface area contributed by atoms with Crippen LogP contribution in [0.1, 0.15) is 60.6 Å². The Kier molecular flexibility index (Phi) is 4.83. The lowest BCUT2D eigenvalue weighted by Gasteiger charge is -2.55. The normalized spacial score (nSPS) is 31.2. The largest absolute Gasteiger partial charge is 0.493 e. The van der Waals surface area contributed by atoms with Gasteiger partial charge in [0.25, 0.3) is 5.91 Å². The van der Waals surface area contributed by atoms with Crippen molar-refractivity contribution in [2.24, 2.45) is 0 Å². The summed E-state index contributed by atoms with van der Waals surface area (Å²) in [7, 11) is 2.08. The van der Waals surface area contributed by atoms with E-state index in [2.05, 4.69) is 35.7 Å². The average molecular weight is 422 g/mol. The molecule has 3 atom stereocenters. The first-order valence-corrected chi connectivity index (χ1v) is 11.3. The summed E-state index contributed by atoms with van der Waals surface area (Å²) in [5.41, 5.74) is 3.27. The molecule has 1 aromatic heterocycles. The van der Waals surface area contributed by atoms with E-state index in [0.717, 1.165) is 55.8 Å². The highest BCUT2D eigenvalue weighted by Crippen LogP contribution is 2.59. The van der Waals surface area contributed by atoms with Crippen LogP contribution in [0.3, 0.4) is 0 Å². The second-order valence-electron chi connectivity index (χ2n) is 9.32. The van der Waals surface area contributed by atoms with Crippen LogP contribution in [-0.4, -0.2) is 42.3 Å². The first kappa shape index (κ1) is 20.5. The van der Waals surface area contributed by atoms with E-state index in [1.165, 1.54) is 5.56 Å². The van der Waals surface area contributed by atoms with E-state index < -0.39 is 0 Å². The van der Waals surface area contributed by atoms with Gasteiger partial charge < -0.3 is 20.1 Å². The van der Waals surface area contributed by atoms with Crippen LogP contribution < -0.4 is 15.4 Å². The van der Waals surface area contributed by atoms with E-state index in [1.807, 2.05) is 31.2 Å². The van der Waals surface area contributed by atoms with Gasteiger partial charge in [-0.15, -0.1) is 0 Å². The lowest BCUT2D eigenvalue weighted by Crippen LogP contribution is -2.64. The summed E-state index contributed by atoms with van der Waals surface area (Å²) in [5.74, 6) is 0.688. The lowest BCUT2D eigenvalue weighted by atomic mass is 9.53. The topological polar surface area (TPSA) is 75.8 Å². The van der Waals surface area contributed by atoms with E-state index in [0.29, 0.717) is 12.2 Å². The molecule has 2 fully saturated rings. The molecule has 31 heavy (non-hydrogen) atoms. The van der Waals surface area contributed by atoms with Gasteiger partial charge in [0, 0.05) is 34.7 Å². The number of hydrogen-bond donors (Lipinski definition) is 2. The minimum absolute atomic E-state index is 0.0419. The highest BCUT2D eigenvalue weighted by molar-refractivity contribution is 6.04. The van der Waals surface area contributed by atoms with E-state index >= 15 is 0 Å². The zero-order chi connectivity index (χ0) is 21.7. The van der Waals surface area contributed by atoms with E-state index in [4.69, 9.17) is 9.47 Å². The van der Waals surface area contributed by atoms with Gasteiger partial charge in [-0.25, -0.2) is 0 Å². The number of amides is 1. The number of nitrogens with zero attached hydrogens (tertiary/aromatic N) is 1. The summed E-state index contributed by atoms with van der Waals surface area (Å²) in [5, 5.41) is 6.70. The second-order valence-corrected chi connectivity index (χ2v) is 9.32. The van der Waals surface area contributed by atoms with Crippen molar-refractivity contribution < 1.29 is 14.3 Å². The number of aryl methyl sites for hydroxylation is 1. The Hall–Kier alpha value is -2.44. The monoisotopic (exact) mass is 421 g/mol. The van der Waals surface area contributed by atoms with E-state index in [1.54, 1.807) is 6.20 Å². The van der Waals surface area contributed by atoms with Crippen molar-refractivity contribution in [2.45, 2.75) is 62.5 Å². The zero-order valence-corrected chi connectivity index (χ0v) is 18.6. The van der Waals surface area contributed by atoms with Crippen LogP contribution in [0.4, 0.5) is 5.69 Å². The first-order valence-electron chi connectivity index (χ1n) is 11.3. The Bertz CT molecular complexity index is 1020. The molecule has 2 aliphatic heterocycles. The minimum atomic E-state index is -0.147. The molecule has 1 saturated carbocycles. The molecule has 6 heteroatoms. The summed E-state index contributed by atoms with van der Waals surface area (Å²) < 4.78 is 12.2. The number of benzene rings is 1. The van der Waals surface area contributed by atoms with Crippen molar-refractivity contribution in [2.75, 3.05) is 25.6 Å². The van der Waals surface area contributed by atoms with Crippen LogP contribution in [0.15, 0.2) is 36.5 Å².